The smallest absolute Gasteiger partial charge is 0.274 e. The Morgan fingerprint density at radius 1 is 1.00 bits per heavy atom. The molecule has 7 nitrogen and oxygen atoms in total. The van der Waals surface area contributed by atoms with Crippen LogP contribution in [-0.4, -0.2) is 64.5 Å². The maximum Gasteiger partial charge on any atom is 0.274 e. The molecule has 2 aliphatic rings. The van der Waals surface area contributed by atoms with Crippen molar-refractivity contribution in [1.29, 1.82) is 0 Å². The number of rotatable bonds is 4. The van der Waals surface area contributed by atoms with Crippen LogP contribution < -0.4 is 4.90 Å². The molecular formula is C26H27Cl2N5O2. The number of para-hydroxylation sites is 1. The predicted octanol–water partition coefficient (Wildman–Crippen LogP) is 4.11. The van der Waals surface area contributed by atoms with Gasteiger partial charge in [0.25, 0.3) is 5.91 Å². The Morgan fingerprint density at radius 3 is 2.51 bits per heavy atom. The molecule has 0 saturated carbocycles. The Kier molecular flexibility index (Phi) is 6.71. The van der Waals surface area contributed by atoms with Gasteiger partial charge in [-0.1, -0.05) is 47.5 Å². The number of piperazine rings is 1. The normalized spacial score (nSPS) is 15.8. The molecule has 9 heteroatoms. The van der Waals surface area contributed by atoms with Gasteiger partial charge in [-0.3, -0.25) is 14.7 Å². The lowest BCUT2D eigenvalue weighted by atomic mass is 10.0. The summed E-state index contributed by atoms with van der Waals surface area (Å²) in [4.78, 5) is 32.4. The number of aryl methyl sites for hydroxylation is 1. The molecular weight excluding hydrogens is 485 g/mol. The lowest BCUT2D eigenvalue weighted by Gasteiger charge is -2.36. The van der Waals surface area contributed by atoms with Crippen molar-refractivity contribution in [3.05, 3.63) is 80.6 Å². The molecule has 0 bridgehead atoms. The van der Waals surface area contributed by atoms with Crippen LogP contribution in [0.1, 0.15) is 32.9 Å². The van der Waals surface area contributed by atoms with Crippen LogP contribution in [0.5, 0.6) is 0 Å². The zero-order chi connectivity index (χ0) is 24.5. The summed E-state index contributed by atoms with van der Waals surface area (Å²) < 4.78 is 0. The van der Waals surface area contributed by atoms with Gasteiger partial charge in [-0.15, -0.1) is 0 Å². The zero-order valence-electron chi connectivity index (χ0n) is 19.6. The minimum atomic E-state index is -0.0815. The number of aromatic amines is 1. The molecule has 1 aromatic heterocycles. The first-order valence-corrected chi connectivity index (χ1v) is 12.5. The number of H-pyrrole nitrogens is 1. The molecule has 2 aromatic carbocycles. The van der Waals surface area contributed by atoms with Crippen LogP contribution in [0.15, 0.2) is 42.5 Å². The number of nitrogens with one attached hydrogen (secondary N) is 1. The maximum atomic E-state index is 13.4. The summed E-state index contributed by atoms with van der Waals surface area (Å²) in [6, 6.07) is 13.5. The third kappa shape index (κ3) is 4.88. The molecule has 0 aliphatic carbocycles. The number of hydrogen-bond acceptors (Lipinski definition) is 4. The van der Waals surface area contributed by atoms with Gasteiger partial charge in [0.2, 0.25) is 5.91 Å². The molecule has 0 radical (unpaired) electrons. The van der Waals surface area contributed by atoms with Gasteiger partial charge in [-0.2, -0.15) is 5.10 Å². The Balaban J connectivity index is 1.25. The summed E-state index contributed by atoms with van der Waals surface area (Å²) in [6.45, 7) is 5.85. The first-order chi connectivity index (χ1) is 16.9. The average molecular weight is 512 g/mol. The summed E-state index contributed by atoms with van der Waals surface area (Å²) in [5, 5.41) is 8.41. The highest BCUT2D eigenvalue weighted by atomic mass is 35.5. The average Bonchev–Trinajstić information content (AvgIpc) is 3.29. The molecule has 1 N–H and O–H groups in total. The minimum Gasteiger partial charge on any atom is -0.368 e. The summed E-state index contributed by atoms with van der Waals surface area (Å²) in [6.07, 6.45) is 0.824. The molecule has 5 rings (SSSR count). The fourth-order valence-electron chi connectivity index (χ4n) is 4.84. The molecule has 182 valence electrons. The van der Waals surface area contributed by atoms with E-state index in [0.717, 1.165) is 29.9 Å². The number of carbonyl (C=O) groups excluding carboxylic acids is 2. The summed E-state index contributed by atoms with van der Waals surface area (Å²) in [5.41, 5.74) is 5.36. The van der Waals surface area contributed by atoms with Crippen molar-refractivity contribution < 1.29 is 9.59 Å². The van der Waals surface area contributed by atoms with Crippen LogP contribution >= 0.6 is 23.2 Å². The van der Waals surface area contributed by atoms with Crippen molar-refractivity contribution in [3.63, 3.8) is 0 Å². The predicted molar refractivity (Wildman–Crippen MR) is 137 cm³/mol. The van der Waals surface area contributed by atoms with E-state index in [0.29, 0.717) is 48.3 Å². The van der Waals surface area contributed by atoms with E-state index in [1.54, 1.807) is 23.1 Å². The highest BCUT2D eigenvalue weighted by Crippen LogP contribution is 2.26. The van der Waals surface area contributed by atoms with E-state index >= 15 is 0 Å². The van der Waals surface area contributed by atoms with E-state index in [9.17, 15) is 9.59 Å². The molecule has 0 atom stereocenters. The molecule has 2 amide bonds. The van der Waals surface area contributed by atoms with Gasteiger partial charge in [0.05, 0.1) is 6.42 Å². The second-order valence-corrected chi connectivity index (χ2v) is 9.92. The summed E-state index contributed by atoms with van der Waals surface area (Å²) in [5.74, 6) is -0.117. The number of nitrogens with zero attached hydrogens (tertiary/aromatic N) is 4. The van der Waals surface area contributed by atoms with Gasteiger partial charge < -0.3 is 14.7 Å². The number of fused-ring (bicyclic) bond motifs is 1. The SMILES string of the molecule is Cc1ccccc1N1CCN(C(=O)c2n[nH]c3c2CN(C(=O)Cc2ccc(Cl)cc2Cl)CC3)CC1. The van der Waals surface area contributed by atoms with Gasteiger partial charge in [0.1, 0.15) is 0 Å². The maximum absolute atomic E-state index is 13.4. The molecule has 3 aromatic rings. The van der Waals surface area contributed by atoms with Crippen LogP contribution in [-0.2, 0) is 24.2 Å². The molecule has 0 spiro atoms. The summed E-state index contributed by atoms with van der Waals surface area (Å²) in [7, 11) is 0. The van der Waals surface area contributed by atoms with Gasteiger partial charge in [-0.25, -0.2) is 0 Å². The topological polar surface area (TPSA) is 72.5 Å². The lowest BCUT2D eigenvalue weighted by molar-refractivity contribution is -0.131. The van der Waals surface area contributed by atoms with E-state index in [2.05, 4.69) is 34.2 Å². The highest BCUT2D eigenvalue weighted by Gasteiger charge is 2.31. The van der Waals surface area contributed by atoms with E-state index < -0.39 is 0 Å². The van der Waals surface area contributed by atoms with E-state index in [1.807, 2.05) is 17.0 Å². The van der Waals surface area contributed by atoms with Gasteiger partial charge in [0.15, 0.2) is 5.69 Å². The van der Waals surface area contributed by atoms with E-state index in [-0.39, 0.29) is 18.2 Å². The molecule has 1 saturated heterocycles. The number of halogens is 2. The van der Waals surface area contributed by atoms with Crippen LogP contribution in [0, 0.1) is 6.92 Å². The second-order valence-electron chi connectivity index (χ2n) is 9.07. The Hall–Kier alpha value is -3.03. The van der Waals surface area contributed by atoms with Crippen LogP contribution in [0.3, 0.4) is 0 Å². The quantitative estimate of drug-likeness (QED) is 0.571. The van der Waals surface area contributed by atoms with Crippen molar-refractivity contribution in [3.8, 4) is 0 Å². The monoisotopic (exact) mass is 511 g/mol. The summed E-state index contributed by atoms with van der Waals surface area (Å²) >= 11 is 12.2. The highest BCUT2D eigenvalue weighted by molar-refractivity contribution is 6.35. The minimum absolute atomic E-state index is 0.0358. The number of anilines is 1. The second kappa shape index (κ2) is 9.91. The Morgan fingerprint density at radius 2 is 1.77 bits per heavy atom. The number of benzene rings is 2. The van der Waals surface area contributed by atoms with Gasteiger partial charge in [0, 0.05) is 72.7 Å². The van der Waals surface area contributed by atoms with Crippen LogP contribution in [0.25, 0.3) is 0 Å². The largest absolute Gasteiger partial charge is 0.368 e. The number of amides is 2. The van der Waals surface area contributed by atoms with E-state index in [4.69, 9.17) is 23.2 Å². The third-order valence-electron chi connectivity index (χ3n) is 6.87. The van der Waals surface area contributed by atoms with Crippen LogP contribution in [0.4, 0.5) is 5.69 Å². The third-order valence-corrected chi connectivity index (χ3v) is 7.46. The van der Waals surface area contributed by atoms with Crippen molar-refractivity contribution in [1.82, 2.24) is 20.0 Å². The zero-order valence-corrected chi connectivity index (χ0v) is 21.1. The fourth-order valence-corrected chi connectivity index (χ4v) is 5.32. The fraction of sp³-hybridized carbons (Fsp3) is 0.346. The number of aromatic nitrogens is 2. The molecule has 35 heavy (non-hydrogen) atoms. The number of carbonyl (C=O) groups is 2. The molecule has 0 unspecified atom stereocenters. The Bertz CT molecular complexity index is 1270. The lowest BCUT2D eigenvalue weighted by Crippen LogP contribution is -2.49. The standard InChI is InChI=1S/C26H27Cl2N5O2/c1-17-4-2-3-5-23(17)31-10-12-32(13-11-31)26(35)25-20-16-33(9-8-22(20)29-30-25)24(34)14-18-6-7-19(27)15-21(18)28/h2-7,15H,8-14,16H2,1H3,(H,29,30). The van der Waals surface area contributed by atoms with Crippen LogP contribution in [0.2, 0.25) is 10.0 Å². The van der Waals surface area contributed by atoms with Crippen molar-refractivity contribution in [2.45, 2.75) is 26.3 Å². The van der Waals surface area contributed by atoms with Gasteiger partial charge in [-0.05, 0) is 36.2 Å². The van der Waals surface area contributed by atoms with Gasteiger partial charge >= 0.3 is 0 Å². The van der Waals surface area contributed by atoms with Crippen molar-refractivity contribution in [2.75, 3.05) is 37.6 Å². The number of hydrogen-bond donors (Lipinski definition) is 1. The first-order valence-electron chi connectivity index (χ1n) is 11.8. The Labute approximate surface area is 214 Å². The van der Waals surface area contributed by atoms with Crippen molar-refractivity contribution >= 4 is 40.7 Å². The molecule has 1 fully saturated rings. The van der Waals surface area contributed by atoms with E-state index in [1.165, 1.54) is 11.3 Å². The van der Waals surface area contributed by atoms with Crippen molar-refractivity contribution in [2.24, 2.45) is 0 Å². The molecule has 2 aliphatic heterocycles. The molecule has 3 heterocycles. The first kappa shape index (κ1) is 23.7.